The van der Waals surface area contributed by atoms with Crippen LogP contribution in [0.4, 0.5) is 0 Å². The third-order valence-corrected chi connectivity index (χ3v) is 10.9. The topological polar surface area (TPSA) is 410 Å². The van der Waals surface area contributed by atoms with Crippen LogP contribution in [0.15, 0.2) is 0 Å². The maximum absolute atomic E-state index is 13.5. The highest BCUT2D eigenvalue weighted by Gasteiger charge is 2.57. The van der Waals surface area contributed by atoms with Gasteiger partial charge in [-0.2, -0.15) is 0 Å². The average Bonchev–Trinajstić information content (AvgIpc) is 3.23. The van der Waals surface area contributed by atoms with Gasteiger partial charge in [-0.1, -0.05) is 13.8 Å². The number of amides is 3. The fraction of sp³-hybridized carbons (Fsp3) is 0.917. The van der Waals surface area contributed by atoms with Crippen LogP contribution in [-0.4, -0.2) is 222 Å². The predicted molar refractivity (Wildman–Crippen MR) is 201 cm³/mol. The largest absolute Gasteiger partial charge is 0.394 e. The number of rotatable bonds is 18. The third-order valence-electron chi connectivity index (χ3n) is 10.9. The Morgan fingerprint density at radius 1 is 0.548 bits per heavy atom. The number of aliphatic hydroxyl groups excluding tert-OH is 11. The van der Waals surface area contributed by atoms with Gasteiger partial charge in [0.1, 0.15) is 91.6 Å². The molecule has 26 nitrogen and oxygen atoms in total. The Kier molecular flexibility index (Phi) is 20.0. The highest BCUT2D eigenvalue weighted by Crippen LogP contribution is 2.35. The molecule has 0 aromatic carbocycles. The van der Waals surface area contributed by atoms with Gasteiger partial charge in [-0.25, -0.2) is 5.84 Å². The van der Waals surface area contributed by atoms with Gasteiger partial charge in [0.15, 0.2) is 25.0 Å². The fourth-order valence-corrected chi connectivity index (χ4v) is 7.49. The predicted octanol–water partition coefficient (Wildman–Crippen LogP) is -7.90. The summed E-state index contributed by atoms with van der Waals surface area (Å²) in [5.41, 5.74) is 6.11. The van der Waals surface area contributed by atoms with Crippen molar-refractivity contribution in [2.45, 2.75) is 182 Å². The molecule has 20 unspecified atom stereocenters. The van der Waals surface area contributed by atoms with Gasteiger partial charge < -0.3 is 94.1 Å². The minimum absolute atomic E-state index is 0.0236. The van der Waals surface area contributed by atoms with Gasteiger partial charge >= 0.3 is 0 Å². The van der Waals surface area contributed by atoms with Crippen molar-refractivity contribution in [2.24, 2.45) is 11.8 Å². The molecule has 0 aromatic heterocycles. The Morgan fingerprint density at radius 3 is 1.44 bits per heavy atom. The van der Waals surface area contributed by atoms with Crippen LogP contribution < -0.4 is 22.1 Å². The van der Waals surface area contributed by atoms with Crippen LogP contribution in [0.25, 0.3) is 0 Å². The quantitative estimate of drug-likeness (QED) is 0.0263. The lowest BCUT2D eigenvalue weighted by atomic mass is 9.89. The van der Waals surface area contributed by atoms with E-state index in [2.05, 4.69) is 10.9 Å². The molecule has 62 heavy (non-hydrogen) atoms. The van der Waals surface area contributed by atoms with E-state index < -0.39 is 166 Å². The number of nitrogens with two attached hydrogens (primary N) is 1. The highest BCUT2D eigenvalue weighted by atomic mass is 16.8. The molecule has 0 bridgehead atoms. The van der Waals surface area contributed by atoms with Crippen molar-refractivity contribution in [3.05, 3.63) is 0 Å². The van der Waals surface area contributed by atoms with E-state index in [0.717, 1.165) is 0 Å². The van der Waals surface area contributed by atoms with E-state index in [-0.39, 0.29) is 31.6 Å². The van der Waals surface area contributed by atoms with Gasteiger partial charge in [0.25, 0.3) is 5.91 Å². The minimum Gasteiger partial charge on any atom is -0.394 e. The summed E-state index contributed by atoms with van der Waals surface area (Å²) >= 11 is 0. The van der Waals surface area contributed by atoms with E-state index in [1.807, 2.05) is 5.43 Å². The zero-order chi connectivity index (χ0) is 46.2. The summed E-state index contributed by atoms with van der Waals surface area (Å²) in [6.45, 7) is 4.13. The van der Waals surface area contributed by atoms with Crippen molar-refractivity contribution in [2.75, 3.05) is 19.8 Å². The molecule has 20 atom stereocenters. The summed E-state index contributed by atoms with van der Waals surface area (Å²) in [7, 11) is 0. The van der Waals surface area contributed by atoms with Gasteiger partial charge in [-0.3, -0.25) is 30.7 Å². The van der Waals surface area contributed by atoms with Crippen molar-refractivity contribution < 1.29 is 108 Å². The Morgan fingerprint density at radius 2 is 0.968 bits per heavy atom. The van der Waals surface area contributed by atoms with Gasteiger partial charge in [0.05, 0.1) is 32.0 Å². The molecule has 0 aromatic rings. The summed E-state index contributed by atoms with van der Waals surface area (Å²) in [6, 6.07) is 0. The molecule has 4 saturated heterocycles. The first-order valence-electron chi connectivity index (χ1n) is 20.4. The van der Waals surface area contributed by atoms with Gasteiger partial charge in [0, 0.05) is 12.8 Å². The first-order valence-corrected chi connectivity index (χ1v) is 20.4. The van der Waals surface area contributed by atoms with Gasteiger partial charge in [-0.15, -0.1) is 0 Å². The smallest absolute Gasteiger partial charge is 0.270 e. The van der Waals surface area contributed by atoms with Crippen LogP contribution in [-0.2, 0) is 52.3 Å². The maximum Gasteiger partial charge on any atom is 0.270 e. The minimum atomic E-state index is -2.21. The second-order valence-corrected chi connectivity index (χ2v) is 16.1. The second-order valence-electron chi connectivity index (χ2n) is 16.1. The van der Waals surface area contributed by atoms with Gasteiger partial charge in [0.2, 0.25) is 11.8 Å². The van der Waals surface area contributed by atoms with Crippen molar-refractivity contribution in [3.63, 3.8) is 0 Å². The molecule has 360 valence electrons. The van der Waals surface area contributed by atoms with Crippen molar-refractivity contribution in [3.8, 4) is 0 Å². The van der Waals surface area contributed by atoms with E-state index in [4.69, 9.17) is 43.7 Å². The number of hydrazine groups is 2. The Bertz CT molecular complexity index is 1420. The third kappa shape index (κ3) is 12.5. The Labute approximate surface area is 356 Å². The lowest BCUT2D eigenvalue weighted by Gasteiger charge is -2.49. The molecule has 3 amide bonds. The van der Waals surface area contributed by atoms with Crippen LogP contribution in [0.1, 0.15) is 53.4 Å². The molecule has 4 heterocycles. The van der Waals surface area contributed by atoms with Crippen LogP contribution >= 0.6 is 0 Å². The number of carbonyl (C=O) groups excluding carboxylic acids is 3. The number of aliphatic hydroxyl groups is 11. The first-order chi connectivity index (χ1) is 29.3. The van der Waals surface area contributed by atoms with Crippen LogP contribution in [0.5, 0.6) is 0 Å². The highest BCUT2D eigenvalue weighted by molar-refractivity contribution is 5.85. The van der Waals surface area contributed by atoms with Crippen LogP contribution in [0.2, 0.25) is 0 Å². The van der Waals surface area contributed by atoms with Crippen molar-refractivity contribution in [1.29, 1.82) is 0 Å². The van der Waals surface area contributed by atoms with Crippen LogP contribution in [0.3, 0.4) is 0 Å². The van der Waals surface area contributed by atoms with Crippen molar-refractivity contribution in [1.82, 2.24) is 16.3 Å². The molecule has 4 rings (SSSR count). The SMILES string of the molecule is CC(C)OC1C(O)C(CO)OC(OC2C(O)C(OC3C(O)C(CO)OC(OC4C(O)C(CO)OC(C(C)C)C4O)C3O)OC(C(=O)NNC(=O)CCCCC(=O)NN)C2O)C1O. The maximum atomic E-state index is 13.5. The van der Waals surface area contributed by atoms with E-state index >= 15 is 0 Å². The molecular weight excluding hydrogens is 840 g/mol. The first kappa shape index (κ1) is 52.2. The number of ether oxygens (including phenoxy) is 8. The number of hydrogen-bond donors (Lipinski definition) is 15. The van der Waals surface area contributed by atoms with E-state index in [1.165, 1.54) is 0 Å². The number of nitrogens with one attached hydrogen (secondary N) is 3. The second kappa shape index (κ2) is 23.7. The normalized spacial score (nSPS) is 41.5. The van der Waals surface area contributed by atoms with E-state index in [9.17, 15) is 70.6 Å². The molecule has 4 aliphatic rings. The summed E-state index contributed by atoms with van der Waals surface area (Å²) in [4.78, 5) is 37.4. The molecule has 0 spiro atoms. The Hall–Kier alpha value is -2.39. The lowest BCUT2D eigenvalue weighted by molar-refractivity contribution is -0.384. The van der Waals surface area contributed by atoms with Crippen molar-refractivity contribution >= 4 is 17.7 Å². The molecular formula is C36H64N4O22. The standard InChI is InChI=1S/C36H64N4O22/c1-12(2)27-22(49)28(19(46)14(9-41)56-27)59-35-25(52)30(21(48)16(11-43)58-35)60-36-26(53)31(61-34-24(51)29(55-13(3)4)20(47)15(10-42)57-34)23(50)32(62-36)33(54)40-39-18(45)8-6-5-7-17(44)38-37/h12-16,19-32,34-36,41-43,46-53H,5-11,37H2,1-4H3,(H,38,44)(H,39,45)(H,40,54). The number of unbranched alkanes of at least 4 members (excludes halogenated alkanes) is 1. The van der Waals surface area contributed by atoms with Crippen LogP contribution in [0, 0.1) is 5.92 Å². The number of carbonyl (C=O) groups is 3. The molecule has 4 aliphatic heterocycles. The monoisotopic (exact) mass is 904 g/mol. The Balaban J connectivity index is 1.61. The van der Waals surface area contributed by atoms with E-state index in [1.54, 1.807) is 27.7 Å². The molecule has 26 heteroatoms. The average molecular weight is 905 g/mol. The molecule has 4 fully saturated rings. The molecule has 0 aliphatic carbocycles. The van der Waals surface area contributed by atoms with E-state index in [0.29, 0.717) is 0 Å². The molecule has 16 N–H and O–H groups in total. The molecule has 0 radical (unpaired) electrons. The summed E-state index contributed by atoms with van der Waals surface area (Å²) in [5, 5.41) is 120. The lowest BCUT2D eigenvalue weighted by Crippen LogP contribution is -2.69. The number of hydrogen-bond acceptors (Lipinski definition) is 23. The fourth-order valence-electron chi connectivity index (χ4n) is 7.49. The zero-order valence-electron chi connectivity index (χ0n) is 34.6. The molecule has 0 saturated carbocycles. The summed E-state index contributed by atoms with van der Waals surface area (Å²) < 4.78 is 45.6. The zero-order valence-corrected chi connectivity index (χ0v) is 34.6. The summed E-state index contributed by atoms with van der Waals surface area (Å²) in [5.74, 6) is 2.22. The summed E-state index contributed by atoms with van der Waals surface area (Å²) in [6.07, 6.45) is -35.8. The van der Waals surface area contributed by atoms with Gasteiger partial charge in [-0.05, 0) is 32.6 Å².